The van der Waals surface area contributed by atoms with Crippen LogP contribution in [0, 0.1) is 11.3 Å². The number of carboxylic acids is 1. The Morgan fingerprint density at radius 3 is 2.50 bits per heavy atom. The van der Waals surface area contributed by atoms with E-state index >= 15 is 0 Å². The summed E-state index contributed by atoms with van der Waals surface area (Å²) in [5.74, 6) is -0.624. The van der Waals surface area contributed by atoms with Crippen LogP contribution >= 0.6 is 11.3 Å². The topological polar surface area (TPSA) is 83.5 Å². The summed E-state index contributed by atoms with van der Waals surface area (Å²) in [6, 6.07) is 2.99. The van der Waals surface area contributed by atoms with Crippen LogP contribution in [0.1, 0.15) is 32.6 Å². The number of hydrogen-bond acceptors (Lipinski definition) is 4. The third-order valence-corrected chi connectivity index (χ3v) is 6.49. The van der Waals surface area contributed by atoms with E-state index in [4.69, 9.17) is 5.11 Å². The van der Waals surface area contributed by atoms with E-state index in [-0.39, 0.29) is 16.0 Å². The van der Waals surface area contributed by atoms with E-state index in [1.807, 2.05) is 27.7 Å². The van der Waals surface area contributed by atoms with Crippen LogP contribution in [0.4, 0.5) is 0 Å². The number of sulfonamides is 1. The Balaban J connectivity index is 2.79. The fraction of sp³-hybridized carbons (Fsp3) is 0.615. The highest BCUT2D eigenvalue weighted by atomic mass is 32.2. The molecule has 7 heteroatoms. The summed E-state index contributed by atoms with van der Waals surface area (Å²) in [6.45, 7) is 8.45. The van der Waals surface area contributed by atoms with Gasteiger partial charge >= 0.3 is 5.97 Å². The molecule has 1 aromatic rings. The summed E-state index contributed by atoms with van der Waals surface area (Å²) in [5.41, 5.74) is -0.145. The van der Waals surface area contributed by atoms with Crippen molar-refractivity contribution < 1.29 is 18.3 Å². The van der Waals surface area contributed by atoms with Crippen LogP contribution < -0.4 is 4.72 Å². The lowest BCUT2D eigenvalue weighted by atomic mass is 9.81. The molecule has 0 aliphatic heterocycles. The third kappa shape index (κ3) is 4.57. The molecule has 0 aliphatic carbocycles. The monoisotopic (exact) mass is 319 g/mol. The Kier molecular flexibility index (Phi) is 5.34. The van der Waals surface area contributed by atoms with E-state index < -0.39 is 16.0 Å². The normalized spacial score (nSPS) is 12.8. The van der Waals surface area contributed by atoms with Gasteiger partial charge in [-0.05, 0) is 23.5 Å². The molecule has 20 heavy (non-hydrogen) atoms. The van der Waals surface area contributed by atoms with E-state index in [2.05, 4.69) is 4.72 Å². The van der Waals surface area contributed by atoms with Gasteiger partial charge in [0.05, 0.1) is 6.42 Å². The lowest BCUT2D eigenvalue weighted by Crippen LogP contribution is -2.36. The largest absolute Gasteiger partial charge is 0.481 e. The van der Waals surface area contributed by atoms with Crippen molar-refractivity contribution >= 4 is 27.3 Å². The molecule has 0 saturated carbocycles. The van der Waals surface area contributed by atoms with Gasteiger partial charge in [-0.2, -0.15) is 0 Å². The van der Waals surface area contributed by atoms with Gasteiger partial charge in [0.2, 0.25) is 10.0 Å². The van der Waals surface area contributed by atoms with Gasteiger partial charge in [0.1, 0.15) is 4.21 Å². The van der Waals surface area contributed by atoms with Crippen LogP contribution in [0.25, 0.3) is 0 Å². The molecule has 1 aromatic heterocycles. The number of hydrogen-bond donors (Lipinski definition) is 2. The van der Waals surface area contributed by atoms with Crippen LogP contribution in [0.3, 0.4) is 0 Å². The standard InChI is InChI=1S/C13H21NO4S2/c1-9(2)13(3,4)8-14-20(17,18)12-6-5-10(19-12)7-11(15)16/h5-6,9,14H,7-8H2,1-4H3,(H,15,16). The van der Waals surface area contributed by atoms with Crippen molar-refractivity contribution in [3.05, 3.63) is 17.0 Å². The molecule has 114 valence electrons. The molecule has 0 saturated heterocycles. The molecular formula is C13H21NO4S2. The smallest absolute Gasteiger partial charge is 0.308 e. The van der Waals surface area contributed by atoms with Gasteiger partial charge < -0.3 is 5.11 Å². The van der Waals surface area contributed by atoms with E-state index in [0.29, 0.717) is 17.3 Å². The first-order valence-corrected chi connectivity index (χ1v) is 8.65. The van der Waals surface area contributed by atoms with Gasteiger partial charge in [-0.15, -0.1) is 11.3 Å². The molecule has 5 nitrogen and oxygen atoms in total. The quantitative estimate of drug-likeness (QED) is 0.808. The fourth-order valence-corrected chi connectivity index (χ4v) is 3.92. The van der Waals surface area contributed by atoms with Crippen LogP contribution in [-0.2, 0) is 21.2 Å². The van der Waals surface area contributed by atoms with Crippen molar-refractivity contribution in [3.8, 4) is 0 Å². The maximum Gasteiger partial charge on any atom is 0.308 e. The molecule has 0 amide bonds. The maximum absolute atomic E-state index is 12.2. The zero-order chi connectivity index (χ0) is 15.6. The molecule has 0 spiro atoms. The third-order valence-electron chi connectivity index (χ3n) is 3.51. The summed E-state index contributed by atoms with van der Waals surface area (Å²) in [7, 11) is -3.57. The summed E-state index contributed by atoms with van der Waals surface area (Å²) in [6.07, 6.45) is -0.155. The predicted molar refractivity (Wildman–Crippen MR) is 79.5 cm³/mol. The van der Waals surface area contributed by atoms with Gasteiger partial charge in [0.15, 0.2) is 0 Å². The Hall–Kier alpha value is -0.920. The Bertz CT molecular complexity index is 573. The minimum atomic E-state index is -3.57. The van der Waals surface area contributed by atoms with Gasteiger partial charge in [-0.25, -0.2) is 13.1 Å². The number of aliphatic carboxylic acids is 1. The molecule has 0 bridgehead atoms. The Morgan fingerprint density at radius 2 is 2.00 bits per heavy atom. The van der Waals surface area contributed by atoms with E-state index in [1.165, 1.54) is 6.07 Å². The van der Waals surface area contributed by atoms with Crippen molar-refractivity contribution in [2.75, 3.05) is 6.54 Å². The maximum atomic E-state index is 12.2. The number of rotatable bonds is 7. The first-order chi connectivity index (χ1) is 9.04. The van der Waals surface area contributed by atoms with Gasteiger partial charge in [-0.3, -0.25) is 4.79 Å². The van der Waals surface area contributed by atoms with Gasteiger partial charge in [0.25, 0.3) is 0 Å². The molecule has 0 fully saturated rings. The van der Waals surface area contributed by atoms with Gasteiger partial charge in [0, 0.05) is 11.4 Å². The van der Waals surface area contributed by atoms with Crippen molar-refractivity contribution in [2.24, 2.45) is 11.3 Å². The SMILES string of the molecule is CC(C)C(C)(C)CNS(=O)(=O)c1ccc(CC(=O)O)s1. The van der Waals surface area contributed by atoms with E-state index in [1.54, 1.807) is 6.07 Å². The average molecular weight is 319 g/mol. The van der Waals surface area contributed by atoms with Gasteiger partial charge in [-0.1, -0.05) is 27.7 Å². The van der Waals surface area contributed by atoms with Crippen LogP contribution in [-0.4, -0.2) is 26.0 Å². The zero-order valence-electron chi connectivity index (χ0n) is 12.1. The van der Waals surface area contributed by atoms with Crippen LogP contribution in [0.5, 0.6) is 0 Å². The number of nitrogens with one attached hydrogen (secondary N) is 1. The zero-order valence-corrected chi connectivity index (χ0v) is 13.8. The highest BCUT2D eigenvalue weighted by molar-refractivity contribution is 7.91. The summed E-state index contributed by atoms with van der Waals surface area (Å²) in [5, 5.41) is 8.69. The fourth-order valence-electron chi connectivity index (χ4n) is 1.30. The van der Waals surface area contributed by atoms with Crippen LogP contribution in [0.15, 0.2) is 16.3 Å². The Labute approximate surface area is 124 Å². The molecular weight excluding hydrogens is 298 g/mol. The molecule has 0 unspecified atom stereocenters. The first-order valence-electron chi connectivity index (χ1n) is 6.35. The van der Waals surface area contributed by atoms with Crippen LogP contribution in [0.2, 0.25) is 0 Å². The number of thiophene rings is 1. The van der Waals surface area contributed by atoms with Crippen molar-refractivity contribution in [1.82, 2.24) is 4.72 Å². The summed E-state index contributed by atoms with van der Waals surface area (Å²) >= 11 is 0.996. The molecule has 0 atom stereocenters. The lowest BCUT2D eigenvalue weighted by molar-refractivity contribution is -0.136. The van der Waals surface area contributed by atoms with E-state index in [9.17, 15) is 13.2 Å². The second kappa shape index (κ2) is 6.24. The molecule has 0 aromatic carbocycles. The highest BCUT2D eigenvalue weighted by Gasteiger charge is 2.26. The number of carbonyl (C=O) groups is 1. The minimum absolute atomic E-state index is 0.145. The second-order valence-electron chi connectivity index (χ2n) is 5.76. The first kappa shape index (κ1) is 17.1. The summed E-state index contributed by atoms with van der Waals surface area (Å²) in [4.78, 5) is 11.1. The molecule has 0 aliphatic rings. The van der Waals surface area contributed by atoms with E-state index in [0.717, 1.165) is 11.3 Å². The predicted octanol–water partition coefficient (Wildman–Crippen LogP) is 2.34. The minimum Gasteiger partial charge on any atom is -0.481 e. The summed E-state index contributed by atoms with van der Waals surface area (Å²) < 4.78 is 27.1. The molecule has 0 radical (unpaired) electrons. The number of carboxylic acid groups (broad SMARTS) is 1. The average Bonchev–Trinajstić information content (AvgIpc) is 2.75. The second-order valence-corrected chi connectivity index (χ2v) is 8.92. The Morgan fingerprint density at radius 1 is 1.40 bits per heavy atom. The van der Waals surface area contributed by atoms with Crippen molar-refractivity contribution in [2.45, 2.75) is 38.3 Å². The molecule has 2 N–H and O–H groups in total. The lowest BCUT2D eigenvalue weighted by Gasteiger charge is -2.29. The molecule has 1 heterocycles. The van der Waals surface area contributed by atoms with Crippen molar-refractivity contribution in [3.63, 3.8) is 0 Å². The molecule has 1 rings (SSSR count). The van der Waals surface area contributed by atoms with Crippen molar-refractivity contribution in [1.29, 1.82) is 0 Å². The highest BCUT2D eigenvalue weighted by Crippen LogP contribution is 2.27.